The summed E-state index contributed by atoms with van der Waals surface area (Å²) >= 11 is 1.55. The summed E-state index contributed by atoms with van der Waals surface area (Å²) in [6.07, 6.45) is 6.78. The Labute approximate surface area is 109 Å². The van der Waals surface area contributed by atoms with Gasteiger partial charge in [-0.1, -0.05) is 0 Å². The Morgan fingerprint density at radius 2 is 2.17 bits per heavy atom. The molecule has 2 unspecified atom stereocenters. The molecule has 1 aliphatic heterocycles. The van der Waals surface area contributed by atoms with Crippen molar-refractivity contribution in [3.63, 3.8) is 0 Å². The van der Waals surface area contributed by atoms with E-state index >= 15 is 0 Å². The number of carbonyl (C=O) groups is 1. The predicted molar refractivity (Wildman–Crippen MR) is 65.8 cm³/mol. The van der Waals surface area contributed by atoms with Gasteiger partial charge in [-0.2, -0.15) is 0 Å². The largest absolute Gasteiger partial charge is 0.348 e. The SMILES string of the molecule is O=Cc1cnc(C23CCC4(CC2C3)OCCO4)s1. The number of ether oxygens (including phenoxy) is 2. The molecule has 1 aromatic rings. The maximum absolute atomic E-state index is 10.8. The van der Waals surface area contributed by atoms with E-state index in [9.17, 15) is 4.79 Å². The Bertz CT molecular complexity index is 494. The van der Waals surface area contributed by atoms with Gasteiger partial charge in [-0.25, -0.2) is 4.98 Å². The van der Waals surface area contributed by atoms with E-state index in [0.29, 0.717) is 5.92 Å². The molecule has 2 heterocycles. The second-order valence-electron chi connectivity index (χ2n) is 5.55. The molecular formula is C13H15NO3S. The Morgan fingerprint density at radius 1 is 1.33 bits per heavy atom. The van der Waals surface area contributed by atoms with Gasteiger partial charge in [0.2, 0.25) is 0 Å². The fourth-order valence-corrected chi connectivity index (χ4v) is 4.58. The lowest BCUT2D eigenvalue weighted by Gasteiger charge is -2.34. The van der Waals surface area contributed by atoms with E-state index in [1.807, 2.05) is 0 Å². The Kier molecular flexibility index (Phi) is 2.23. The molecule has 5 heteroatoms. The lowest BCUT2D eigenvalue weighted by atomic mass is 9.85. The molecule has 4 nitrogen and oxygen atoms in total. The average Bonchev–Trinajstić information content (AvgIpc) is 2.79. The first kappa shape index (κ1) is 11.1. The third-order valence-electron chi connectivity index (χ3n) is 4.62. The standard InChI is InChI=1S/C13H15NO3S/c15-8-10-7-14-11(18-10)12-1-2-13(6-9(12)5-12)16-3-4-17-13/h7-9H,1-6H2. The molecule has 0 bridgehead atoms. The predicted octanol–water partition coefficient (Wildman–Crippen LogP) is 2.14. The van der Waals surface area contributed by atoms with E-state index in [4.69, 9.17) is 9.47 Å². The third-order valence-corrected chi connectivity index (χ3v) is 5.76. The van der Waals surface area contributed by atoms with Crippen LogP contribution in [0.3, 0.4) is 0 Å². The van der Waals surface area contributed by atoms with Gasteiger partial charge in [0.1, 0.15) is 0 Å². The first-order valence-corrected chi connectivity index (χ1v) is 7.27. The monoisotopic (exact) mass is 265 g/mol. The molecular weight excluding hydrogens is 250 g/mol. The van der Waals surface area contributed by atoms with E-state index in [1.54, 1.807) is 17.5 Å². The van der Waals surface area contributed by atoms with Crippen molar-refractivity contribution in [1.82, 2.24) is 4.98 Å². The van der Waals surface area contributed by atoms with Crippen molar-refractivity contribution in [1.29, 1.82) is 0 Å². The van der Waals surface area contributed by atoms with Crippen LogP contribution in [-0.2, 0) is 14.9 Å². The number of hydrogen-bond acceptors (Lipinski definition) is 5. The van der Waals surface area contributed by atoms with E-state index in [2.05, 4.69) is 4.98 Å². The van der Waals surface area contributed by atoms with Gasteiger partial charge in [0, 0.05) is 24.5 Å². The minimum atomic E-state index is -0.296. The number of thiazole rings is 1. The van der Waals surface area contributed by atoms with Crippen LogP contribution in [0.1, 0.15) is 40.4 Å². The molecule has 0 N–H and O–H groups in total. The smallest absolute Gasteiger partial charge is 0.168 e. The molecule has 3 aliphatic rings. The summed E-state index contributed by atoms with van der Waals surface area (Å²) in [5.74, 6) is 0.324. The number of carbonyl (C=O) groups excluding carboxylic acids is 1. The second-order valence-corrected chi connectivity index (χ2v) is 6.62. The van der Waals surface area contributed by atoms with Crippen LogP contribution in [0.15, 0.2) is 6.20 Å². The summed E-state index contributed by atoms with van der Waals surface area (Å²) in [4.78, 5) is 15.9. The summed E-state index contributed by atoms with van der Waals surface area (Å²) in [7, 11) is 0. The Hall–Kier alpha value is -0.780. The van der Waals surface area contributed by atoms with Crippen molar-refractivity contribution in [2.24, 2.45) is 5.92 Å². The Morgan fingerprint density at radius 3 is 2.83 bits per heavy atom. The number of fused-ring (bicyclic) bond motifs is 1. The van der Waals surface area contributed by atoms with Crippen molar-refractivity contribution in [2.45, 2.75) is 36.9 Å². The quantitative estimate of drug-likeness (QED) is 0.769. The van der Waals surface area contributed by atoms with Crippen molar-refractivity contribution < 1.29 is 14.3 Å². The summed E-state index contributed by atoms with van der Waals surface area (Å²) in [5, 5.41) is 1.14. The molecule has 2 atom stereocenters. The highest BCUT2D eigenvalue weighted by Gasteiger charge is 2.64. The summed E-state index contributed by atoms with van der Waals surface area (Å²) < 4.78 is 11.6. The zero-order valence-corrected chi connectivity index (χ0v) is 10.9. The molecule has 3 fully saturated rings. The zero-order chi connectivity index (χ0) is 12.2. The van der Waals surface area contributed by atoms with Gasteiger partial charge in [-0.05, 0) is 18.8 Å². The molecule has 1 saturated heterocycles. The zero-order valence-electron chi connectivity index (χ0n) is 10.1. The van der Waals surface area contributed by atoms with E-state index in [-0.39, 0.29) is 11.2 Å². The van der Waals surface area contributed by atoms with Gasteiger partial charge in [0.15, 0.2) is 12.1 Å². The number of aromatic nitrogens is 1. The number of nitrogens with zero attached hydrogens (tertiary/aromatic N) is 1. The molecule has 2 aliphatic carbocycles. The van der Waals surface area contributed by atoms with Gasteiger partial charge < -0.3 is 9.47 Å². The van der Waals surface area contributed by atoms with Crippen LogP contribution in [-0.4, -0.2) is 30.3 Å². The number of aldehydes is 1. The van der Waals surface area contributed by atoms with Gasteiger partial charge in [0.05, 0.1) is 23.1 Å². The number of hydrogen-bond donors (Lipinski definition) is 0. The summed E-state index contributed by atoms with van der Waals surface area (Å²) in [6, 6.07) is 0. The van der Waals surface area contributed by atoms with E-state index < -0.39 is 0 Å². The molecule has 18 heavy (non-hydrogen) atoms. The van der Waals surface area contributed by atoms with Crippen LogP contribution in [0.4, 0.5) is 0 Å². The third kappa shape index (κ3) is 1.44. The fraction of sp³-hybridized carbons (Fsp3) is 0.692. The maximum atomic E-state index is 10.8. The van der Waals surface area contributed by atoms with Crippen LogP contribution in [0, 0.1) is 5.92 Å². The first-order valence-electron chi connectivity index (χ1n) is 6.46. The van der Waals surface area contributed by atoms with E-state index in [0.717, 1.165) is 48.6 Å². The van der Waals surface area contributed by atoms with Crippen molar-refractivity contribution in [2.75, 3.05) is 13.2 Å². The van der Waals surface area contributed by atoms with Gasteiger partial charge >= 0.3 is 0 Å². The average molecular weight is 265 g/mol. The molecule has 1 spiro atoms. The summed E-state index contributed by atoms with van der Waals surface area (Å²) in [6.45, 7) is 1.46. The minimum absolute atomic E-state index is 0.229. The van der Waals surface area contributed by atoms with Gasteiger partial charge in [0.25, 0.3) is 0 Å². The molecule has 2 saturated carbocycles. The fourth-order valence-electron chi connectivity index (χ4n) is 3.54. The van der Waals surface area contributed by atoms with Crippen LogP contribution >= 0.6 is 11.3 Å². The molecule has 0 amide bonds. The van der Waals surface area contributed by atoms with Crippen LogP contribution in [0.2, 0.25) is 0 Å². The van der Waals surface area contributed by atoms with Crippen molar-refractivity contribution in [3.8, 4) is 0 Å². The normalized spacial score (nSPS) is 36.6. The van der Waals surface area contributed by atoms with Crippen LogP contribution in [0.25, 0.3) is 0 Å². The maximum Gasteiger partial charge on any atom is 0.168 e. The summed E-state index contributed by atoms with van der Waals surface area (Å²) in [5.41, 5.74) is 0.229. The molecule has 4 rings (SSSR count). The van der Waals surface area contributed by atoms with Gasteiger partial charge in [-0.3, -0.25) is 4.79 Å². The highest BCUT2D eigenvalue weighted by atomic mass is 32.1. The lowest BCUT2D eigenvalue weighted by Crippen LogP contribution is -2.37. The van der Waals surface area contributed by atoms with Gasteiger partial charge in [-0.15, -0.1) is 11.3 Å². The molecule has 1 aromatic heterocycles. The van der Waals surface area contributed by atoms with E-state index in [1.165, 1.54) is 6.42 Å². The lowest BCUT2D eigenvalue weighted by molar-refractivity contribution is -0.180. The molecule has 96 valence electrons. The van der Waals surface area contributed by atoms with Crippen molar-refractivity contribution in [3.05, 3.63) is 16.1 Å². The minimum Gasteiger partial charge on any atom is -0.348 e. The Balaban J connectivity index is 1.57. The van der Waals surface area contributed by atoms with Crippen molar-refractivity contribution >= 4 is 17.6 Å². The van der Waals surface area contributed by atoms with Crippen LogP contribution < -0.4 is 0 Å². The molecule has 0 radical (unpaired) electrons. The second kappa shape index (κ2) is 3.62. The highest BCUT2D eigenvalue weighted by Crippen LogP contribution is 2.65. The highest BCUT2D eigenvalue weighted by molar-refractivity contribution is 7.13. The first-order chi connectivity index (χ1) is 8.76. The van der Waals surface area contributed by atoms with Crippen LogP contribution in [0.5, 0.6) is 0 Å². The molecule has 0 aromatic carbocycles. The topological polar surface area (TPSA) is 48.4 Å². The number of rotatable bonds is 2.